The molecule has 4 N–H and O–H groups in total. The van der Waals surface area contributed by atoms with Crippen LogP contribution in [0, 0.1) is 0 Å². The van der Waals surface area contributed by atoms with Crippen LogP contribution >= 0.6 is 0 Å². The van der Waals surface area contributed by atoms with Gasteiger partial charge in [-0.1, -0.05) is 45.4 Å². The molecule has 0 radical (unpaired) electrons. The number of aromatic nitrogens is 2. The fourth-order valence-electron chi connectivity index (χ4n) is 3.70. The van der Waals surface area contributed by atoms with Crippen molar-refractivity contribution in [3.8, 4) is 5.88 Å². The fraction of sp³-hybridized carbons (Fsp3) is 0.684. The zero-order chi connectivity index (χ0) is 20.8. The highest BCUT2D eigenvalue weighted by atomic mass is 16.4. The smallest absolute Gasteiger partial charge is 0.334 e. The Morgan fingerprint density at radius 2 is 1.79 bits per heavy atom. The number of rotatable bonds is 9. The maximum atomic E-state index is 13.0. The van der Waals surface area contributed by atoms with E-state index in [1.807, 2.05) is 6.92 Å². The zero-order valence-corrected chi connectivity index (χ0v) is 16.2. The van der Waals surface area contributed by atoms with Crippen molar-refractivity contribution in [1.82, 2.24) is 9.13 Å². The number of hydrogen-bond acceptors (Lipinski definition) is 6. The first-order valence-electron chi connectivity index (χ1n) is 9.92. The first-order chi connectivity index (χ1) is 13.3. The largest absolute Gasteiger partial charge is 0.494 e. The number of carboxylic acids is 1. The molecule has 9 nitrogen and oxygen atoms in total. The first kappa shape index (κ1) is 21.9. The minimum Gasteiger partial charge on any atom is -0.494 e. The Morgan fingerprint density at radius 3 is 2.36 bits per heavy atom. The topological polar surface area (TPSA) is 145 Å². The third-order valence-corrected chi connectivity index (χ3v) is 5.32. The van der Waals surface area contributed by atoms with Gasteiger partial charge in [-0.25, -0.2) is 4.79 Å². The summed E-state index contributed by atoms with van der Waals surface area (Å²) in [5.74, 6) is -3.59. The molecule has 1 aromatic heterocycles. The number of nitrogens with two attached hydrogens (primary N) is 1. The van der Waals surface area contributed by atoms with E-state index in [4.69, 9.17) is 10.8 Å². The van der Waals surface area contributed by atoms with Crippen LogP contribution in [-0.4, -0.2) is 37.1 Å². The fourth-order valence-corrected chi connectivity index (χ4v) is 3.70. The summed E-state index contributed by atoms with van der Waals surface area (Å²) in [5.41, 5.74) is 3.06. The second-order valence-corrected chi connectivity index (χ2v) is 7.34. The van der Waals surface area contributed by atoms with E-state index in [1.165, 1.54) is 0 Å². The molecule has 156 valence electrons. The number of ketones is 1. The van der Waals surface area contributed by atoms with E-state index < -0.39 is 40.5 Å². The van der Waals surface area contributed by atoms with E-state index in [0.29, 0.717) is 19.3 Å². The van der Waals surface area contributed by atoms with E-state index in [9.17, 15) is 24.3 Å². The molecule has 1 aromatic rings. The van der Waals surface area contributed by atoms with Gasteiger partial charge in [0.1, 0.15) is 5.56 Å². The van der Waals surface area contributed by atoms with Gasteiger partial charge in [0.25, 0.3) is 5.56 Å². The Bertz CT molecular complexity index is 835. The molecule has 1 atom stereocenters. The zero-order valence-electron chi connectivity index (χ0n) is 16.2. The number of unbranched alkanes of at least 4 members (excludes halogenated alkanes) is 3. The molecule has 0 aliphatic heterocycles. The molecule has 1 fully saturated rings. The Kier molecular flexibility index (Phi) is 7.56. The van der Waals surface area contributed by atoms with Crippen molar-refractivity contribution >= 4 is 11.8 Å². The Hall–Kier alpha value is -2.42. The molecule has 2 rings (SSSR count). The first-order valence-corrected chi connectivity index (χ1v) is 9.92. The standard InChI is InChI=1S/C19H29N3O6/c1-2-3-4-8-11-21-16(24)13(15(23)14(20)18(26)27)17(25)22(19(21)28)12-9-6-5-7-10-12/h12,14,24H,2-11,20H2,1H3,(H,26,27). The van der Waals surface area contributed by atoms with Gasteiger partial charge in [-0.2, -0.15) is 0 Å². The van der Waals surface area contributed by atoms with Crippen molar-refractivity contribution in [2.24, 2.45) is 5.73 Å². The van der Waals surface area contributed by atoms with Gasteiger partial charge in [-0.05, 0) is 19.3 Å². The number of carbonyl (C=O) groups is 2. The van der Waals surface area contributed by atoms with E-state index in [-0.39, 0.29) is 12.6 Å². The van der Waals surface area contributed by atoms with E-state index >= 15 is 0 Å². The highest BCUT2D eigenvalue weighted by Gasteiger charge is 2.33. The van der Waals surface area contributed by atoms with Gasteiger partial charge in [0, 0.05) is 12.6 Å². The van der Waals surface area contributed by atoms with Crippen molar-refractivity contribution in [1.29, 1.82) is 0 Å². The molecule has 1 heterocycles. The summed E-state index contributed by atoms with van der Waals surface area (Å²) < 4.78 is 2.02. The lowest BCUT2D eigenvalue weighted by atomic mass is 9.95. The van der Waals surface area contributed by atoms with Crippen molar-refractivity contribution < 1.29 is 19.8 Å². The number of aromatic hydroxyl groups is 1. The van der Waals surface area contributed by atoms with Crippen molar-refractivity contribution in [3.05, 3.63) is 26.4 Å². The minimum absolute atomic E-state index is 0.139. The van der Waals surface area contributed by atoms with Gasteiger partial charge in [-0.3, -0.25) is 23.5 Å². The normalized spacial score (nSPS) is 16.1. The molecule has 1 aliphatic carbocycles. The predicted molar refractivity (Wildman–Crippen MR) is 103 cm³/mol. The molecule has 0 amide bonds. The van der Waals surface area contributed by atoms with Crippen LogP contribution < -0.4 is 17.0 Å². The van der Waals surface area contributed by atoms with Gasteiger partial charge in [0.05, 0.1) is 0 Å². The van der Waals surface area contributed by atoms with Crippen LogP contribution in [0.25, 0.3) is 0 Å². The molecule has 0 bridgehead atoms. The second kappa shape index (κ2) is 9.68. The third kappa shape index (κ3) is 4.52. The number of carbonyl (C=O) groups excluding carboxylic acids is 1. The van der Waals surface area contributed by atoms with Crippen LogP contribution in [0.3, 0.4) is 0 Å². The number of Topliss-reactive ketones (excluding diaryl/α,β-unsaturated/α-hetero) is 1. The third-order valence-electron chi connectivity index (χ3n) is 5.32. The van der Waals surface area contributed by atoms with Crippen molar-refractivity contribution in [3.63, 3.8) is 0 Å². The molecule has 0 spiro atoms. The van der Waals surface area contributed by atoms with Gasteiger partial charge < -0.3 is 15.9 Å². The van der Waals surface area contributed by atoms with E-state index in [1.54, 1.807) is 0 Å². The number of hydrogen-bond donors (Lipinski definition) is 3. The molecule has 0 saturated heterocycles. The molecule has 28 heavy (non-hydrogen) atoms. The van der Waals surface area contributed by atoms with Gasteiger partial charge in [-0.15, -0.1) is 0 Å². The van der Waals surface area contributed by atoms with Gasteiger partial charge >= 0.3 is 11.7 Å². The summed E-state index contributed by atoms with van der Waals surface area (Å²) in [6.07, 6.45) is 7.30. The molecule has 1 aliphatic rings. The Morgan fingerprint density at radius 1 is 1.14 bits per heavy atom. The van der Waals surface area contributed by atoms with Crippen LogP contribution in [0.5, 0.6) is 5.88 Å². The summed E-state index contributed by atoms with van der Waals surface area (Å²) in [6.45, 7) is 2.18. The second-order valence-electron chi connectivity index (χ2n) is 7.34. The van der Waals surface area contributed by atoms with Crippen LogP contribution in [0.4, 0.5) is 0 Å². The predicted octanol–water partition coefficient (Wildman–Crippen LogP) is 1.40. The average molecular weight is 395 g/mol. The summed E-state index contributed by atoms with van der Waals surface area (Å²) in [6, 6.07) is -2.35. The maximum absolute atomic E-state index is 13.0. The average Bonchev–Trinajstić information content (AvgIpc) is 2.67. The lowest BCUT2D eigenvalue weighted by Gasteiger charge is -2.25. The summed E-state index contributed by atoms with van der Waals surface area (Å²) >= 11 is 0. The number of carboxylic acid groups (broad SMARTS) is 1. The molecular weight excluding hydrogens is 366 g/mol. The Labute approximate surface area is 162 Å². The number of aliphatic carboxylic acids is 1. The van der Waals surface area contributed by atoms with E-state index in [2.05, 4.69) is 0 Å². The number of nitrogens with zero attached hydrogens (tertiary/aromatic N) is 2. The van der Waals surface area contributed by atoms with Crippen molar-refractivity contribution in [2.75, 3.05) is 0 Å². The lowest BCUT2D eigenvalue weighted by molar-refractivity contribution is -0.137. The summed E-state index contributed by atoms with van der Waals surface area (Å²) in [7, 11) is 0. The molecular formula is C19H29N3O6. The SMILES string of the molecule is CCCCCCn1c(O)c(C(=O)C(N)C(=O)O)c(=O)n(C2CCCCC2)c1=O. The van der Waals surface area contributed by atoms with Crippen LogP contribution in [0.15, 0.2) is 9.59 Å². The highest BCUT2D eigenvalue weighted by molar-refractivity contribution is 6.12. The summed E-state index contributed by atoms with van der Waals surface area (Å²) in [4.78, 5) is 49.5. The summed E-state index contributed by atoms with van der Waals surface area (Å²) in [5, 5.41) is 19.5. The maximum Gasteiger partial charge on any atom is 0.334 e. The monoisotopic (exact) mass is 395 g/mol. The quantitative estimate of drug-likeness (QED) is 0.325. The van der Waals surface area contributed by atoms with Crippen LogP contribution in [0.1, 0.15) is 81.1 Å². The van der Waals surface area contributed by atoms with E-state index in [0.717, 1.165) is 47.7 Å². The van der Waals surface area contributed by atoms with Gasteiger partial charge in [0.2, 0.25) is 11.7 Å². The lowest BCUT2D eigenvalue weighted by Crippen LogP contribution is -2.48. The molecule has 1 saturated carbocycles. The Balaban J connectivity index is 2.59. The van der Waals surface area contributed by atoms with Gasteiger partial charge in [0.15, 0.2) is 6.04 Å². The molecule has 0 aromatic carbocycles. The van der Waals surface area contributed by atoms with Crippen LogP contribution in [-0.2, 0) is 11.3 Å². The van der Waals surface area contributed by atoms with Crippen LogP contribution in [0.2, 0.25) is 0 Å². The molecule has 1 unspecified atom stereocenters. The molecule has 9 heteroatoms. The highest BCUT2D eigenvalue weighted by Crippen LogP contribution is 2.27. The minimum atomic E-state index is -1.98. The van der Waals surface area contributed by atoms with Crippen molar-refractivity contribution in [2.45, 2.75) is 83.3 Å².